The average Bonchev–Trinajstić information content (AvgIpc) is 2.87. The van der Waals surface area contributed by atoms with Crippen LogP contribution in [0.25, 0.3) is 0 Å². The second kappa shape index (κ2) is 4.73. The smallest absolute Gasteiger partial charge is 0.0426 e. The van der Waals surface area contributed by atoms with Gasteiger partial charge < -0.3 is 10.2 Å². The molecular formula is C16H18N2. The number of hydrogen-bond donors (Lipinski definition) is 1. The lowest BCUT2D eigenvalue weighted by Crippen LogP contribution is -2.16. The fourth-order valence-corrected chi connectivity index (χ4v) is 2.50. The fraction of sp³-hybridized carbons (Fsp3) is 0.250. The lowest BCUT2D eigenvalue weighted by atomic mass is 10.1. The maximum Gasteiger partial charge on any atom is 0.0426 e. The molecule has 92 valence electrons. The second-order valence-electron chi connectivity index (χ2n) is 4.86. The number of para-hydroxylation sites is 1. The van der Waals surface area contributed by atoms with Crippen molar-refractivity contribution >= 4 is 11.4 Å². The van der Waals surface area contributed by atoms with Crippen molar-refractivity contribution in [3.63, 3.8) is 0 Å². The second-order valence-corrected chi connectivity index (χ2v) is 4.86. The lowest BCUT2D eigenvalue weighted by molar-refractivity contribution is 0.920. The molecule has 0 saturated carbocycles. The number of nitrogens with zero attached hydrogens (tertiary/aromatic N) is 1. The Morgan fingerprint density at radius 3 is 2.78 bits per heavy atom. The highest BCUT2D eigenvalue weighted by atomic mass is 15.1. The van der Waals surface area contributed by atoms with Crippen LogP contribution in [0.3, 0.4) is 0 Å². The van der Waals surface area contributed by atoms with Gasteiger partial charge in [-0.2, -0.15) is 0 Å². The molecule has 0 amide bonds. The Labute approximate surface area is 108 Å². The predicted molar refractivity (Wildman–Crippen MR) is 77.2 cm³/mol. The third-order valence-corrected chi connectivity index (χ3v) is 3.50. The van der Waals surface area contributed by atoms with Gasteiger partial charge in [0.2, 0.25) is 0 Å². The quantitative estimate of drug-likeness (QED) is 0.882. The normalized spacial score (nSPS) is 12.9. The van der Waals surface area contributed by atoms with Gasteiger partial charge in [0.1, 0.15) is 0 Å². The van der Waals surface area contributed by atoms with Crippen molar-refractivity contribution in [3.8, 4) is 0 Å². The Bertz CT molecular complexity index is 534. The first-order valence-corrected chi connectivity index (χ1v) is 6.45. The van der Waals surface area contributed by atoms with Gasteiger partial charge in [-0.1, -0.05) is 30.3 Å². The first kappa shape index (κ1) is 11.1. The van der Waals surface area contributed by atoms with Crippen molar-refractivity contribution in [1.29, 1.82) is 0 Å². The number of anilines is 2. The molecule has 0 spiro atoms. The zero-order valence-corrected chi connectivity index (χ0v) is 10.7. The van der Waals surface area contributed by atoms with Crippen LogP contribution >= 0.6 is 0 Å². The number of hydrogen-bond acceptors (Lipinski definition) is 2. The molecule has 3 rings (SSSR count). The molecule has 1 heterocycles. The van der Waals surface area contributed by atoms with E-state index >= 15 is 0 Å². The molecule has 0 radical (unpaired) electrons. The van der Waals surface area contributed by atoms with Gasteiger partial charge in [0.05, 0.1) is 0 Å². The van der Waals surface area contributed by atoms with E-state index in [2.05, 4.69) is 65.8 Å². The Hall–Kier alpha value is -1.96. The van der Waals surface area contributed by atoms with E-state index in [-0.39, 0.29) is 0 Å². The summed E-state index contributed by atoms with van der Waals surface area (Å²) in [7, 11) is 2.14. The highest BCUT2D eigenvalue weighted by molar-refractivity contribution is 5.57. The topological polar surface area (TPSA) is 15.3 Å². The summed E-state index contributed by atoms with van der Waals surface area (Å²) < 4.78 is 0. The van der Waals surface area contributed by atoms with Gasteiger partial charge in [-0.05, 0) is 35.7 Å². The fourth-order valence-electron chi connectivity index (χ4n) is 2.50. The van der Waals surface area contributed by atoms with Crippen LogP contribution in [0.2, 0.25) is 0 Å². The van der Waals surface area contributed by atoms with Crippen molar-refractivity contribution in [3.05, 3.63) is 59.7 Å². The first-order chi connectivity index (χ1) is 8.83. The SMILES string of the molecule is CN(Cc1ccc2c(c1)CCN2)c1ccccc1. The molecule has 0 aromatic heterocycles. The summed E-state index contributed by atoms with van der Waals surface area (Å²) in [6.07, 6.45) is 1.15. The number of fused-ring (bicyclic) bond motifs is 1. The Kier molecular flexibility index (Phi) is 2.93. The van der Waals surface area contributed by atoms with E-state index in [9.17, 15) is 0 Å². The minimum atomic E-state index is 0.956. The lowest BCUT2D eigenvalue weighted by Gasteiger charge is -2.19. The Morgan fingerprint density at radius 2 is 1.94 bits per heavy atom. The predicted octanol–water partition coefficient (Wildman–Crippen LogP) is 3.29. The zero-order chi connectivity index (χ0) is 12.4. The van der Waals surface area contributed by atoms with Crippen LogP contribution in [0.5, 0.6) is 0 Å². The van der Waals surface area contributed by atoms with Crippen LogP contribution < -0.4 is 10.2 Å². The summed E-state index contributed by atoms with van der Waals surface area (Å²) in [5.74, 6) is 0. The molecule has 1 N–H and O–H groups in total. The summed E-state index contributed by atoms with van der Waals surface area (Å²) in [4.78, 5) is 2.28. The molecule has 2 heteroatoms. The van der Waals surface area contributed by atoms with Crippen molar-refractivity contribution in [2.45, 2.75) is 13.0 Å². The van der Waals surface area contributed by atoms with E-state index in [1.807, 2.05) is 0 Å². The molecule has 0 fully saturated rings. The summed E-state index contributed by atoms with van der Waals surface area (Å²) in [6, 6.07) is 17.3. The molecule has 0 saturated heterocycles. The van der Waals surface area contributed by atoms with Gasteiger partial charge in [-0.15, -0.1) is 0 Å². The van der Waals surface area contributed by atoms with E-state index in [1.165, 1.54) is 22.5 Å². The first-order valence-electron chi connectivity index (χ1n) is 6.45. The molecule has 0 atom stereocenters. The van der Waals surface area contributed by atoms with E-state index in [1.54, 1.807) is 0 Å². The van der Waals surface area contributed by atoms with Gasteiger partial charge in [0.25, 0.3) is 0 Å². The molecule has 0 aliphatic carbocycles. The molecule has 1 aliphatic heterocycles. The van der Waals surface area contributed by atoms with Crippen molar-refractivity contribution in [2.75, 3.05) is 23.8 Å². The monoisotopic (exact) mass is 238 g/mol. The highest BCUT2D eigenvalue weighted by Gasteiger charge is 2.10. The van der Waals surface area contributed by atoms with E-state index in [4.69, 9.17) is 0 Å². The van der Waals surface area contributed by atoms with Crippen LogP contribution in [-0.2, 0) is 13.0 Å². The largest absolute Gasteiger partial charge is 0.384 e. The zero-order valence-electron chi connectivity index (χ0n) is 10.7. The van der Waals surface area contributed by atoms with Crippen molar-refractivity contribution in [2.24, 2.45) is 0 Å². The van der Waals surface area contributed by atoms with Gasteiger partial charge in [-0.25, -0.2) is 0 Å². The summed E-state index contributed by atoms with van der Waals surface area (Å²) in [5, 5.41) is 3.40. The van der Waals surface area contributed by atoms with Crippen LogP contribution in [-0.4, -0.2) is 13.6 Å². The van der Waals surface area contributed by atoms with Gasteiger partial charge >= 0.3 is 0 Å². The molecule has 0 unspecified atom stereocenters. The minimum absolute atomic E-state index is 0.956. The maximum atomic E-state index is 3.40. The molecule has 2 aromatic rings. The third-order valence-electron chi connectivity index (χ3n) is 3.50. The number of benzene rings is 2. The van der Waals surface area contributed by atoms with Crippen LogP contribution in [0, 0.1) is 0 Å². The molecule has 0 bridgehead atoms. The molecular weight excluding hydrogens is 220 g/mol. The minimum Gasteiger partial charge on any atom is -0.384 e. The van der Waals surface area contributed by atoms with E-state index in [0.717, 1.165) is 19.5 Å². The van der Waals surface area contributed by atoms with Crippen LogP contribution in [0.1, 0.15) is 11.1 Å². The van der Waals surface area contributed by atoms with E-state index < -0.39 is 0 Å². The highest BCUT2D eigenvalue weighted by Crippen LogP contribution is 2.24. The van der Waals surface area contributed by atoms with Gasteiger partial charge in [0.15, 0.2) is 0 Å². The summed E-state index contributed by atoms with van der Waals surface area (Å²) >= 11 is 0. The summed E-state index contributed by atoms with van der Waals surface area (Å²) in [6.45, 7) is 2.03. The third kappa shape index (κ3) is 2.19. The molecule has 2 aromatic carbocycles. The Morgan fingerprint density at radius 1 is 1.11 bits per heavy atom. The maximum absolute atomic E-state index is 3.40. The van der Waals surface area contributed by atoms with Crippen LogP contribution in [0.15, 0.2) is 48.5 Å². The summed E-state index contributed by atoms with van der Waals surface area (Å²) in [5.41, 5.74) is 5.40. The van der Waals surface area contributed by atoms with Gasteiger partial charge in [-0.3, -0.25) is 0 Å². The van der Waals surface area contributed by atoms with Gasteiger partial charge in [0, 0.05) is 31.5 Å². The molecule has 2 nitrogen and oxygen atoms in total. The van der Waals surface area contributed by atoms with Crippen molar-refractivity contribution < 1.29 is 0 Å². The molecule has 18 heavy (non-hydrogen) atoms. The van der Waals surface area contributed by atoms with E-state index in [0.29, 0.717) is 0 Å². The number of rotatable bonds is 3. The van der Waals surface area contributed by atoms with Crippen LogP contribution in [0.4, 0.5) is 11.4 Å². The number of nitrogens with one attached hydrogen (secondary N) is 1. The standard InChI is InChI=1S/C16H18N2/c1-18(15-5-3-2-4-6-15)12-13-7-8-16-14(11-13)9-10-17-16/h2-8,11,17H,9-10,12H2,1H3. The molecule has 1 aliphatic rings. The Balaban J connectivity index is 1.77. The average molecular weight is 238 g/mol. The van der Waals surface area contributed by atoms with Crippen molar-refractivity contribution in [1.82, 2.24) is 0 Å².